The molecule has 3 rings (SSSR count). The van der Waals surface area contributed by atoms with E-state index >= 15 is 0 Å². The molecule has 76 valence electrons. The standard InChI is InChI=1S/C12H13N3/c1-8-6-11(8)15-12-13-7-9-4-2-3-5-10(9)14-12/h2-5,7-8,11H,6H2,1H3,(H,13,14,15). The van der Waals surface area contributed by atoms with Gasteiger partial charge in [-0.3, -0.25) is 0 Å². The summed E-state index contributed by atoms with van der Waals surface area (Å²) in [7, 11) is 0. The van der Waals surface area contributed by atoms with Crippen molar-refractivity contribution in [3.8, 4) is 0 Å². The fraction of sp³-hybridized carbons (Fsp3) is 0.333. The van der Waals surface area contributed by atoms with Crippen molar-refractivity contribution in [3.05, 3.63) is 30.5 Å². The van der Waals surface area contributed by atoms with Gasteiger partial charge in [0.1, 0.15) is 0 Å². The summed E-state index contributed by atoms with van der Waals surface area (Å²) in [5, 5.41) is 4.43. The van der Waals surface area contributed by atoms with Crippen LogP contribution in [0.25, 0.3) is 10.9 Å². The zero-order chi connectivity index (χ0) is 10.3. The van der Waals surface area contributed by atoms with Crippen LogP contribution in [0.15, 0.2) is 30.5 Å². The Morgan fingerprint density at radius 3 is 2.93 bits per heavy atom. The van der Waals surface area contributed by atoms with E-state index in [9.17, 15) is 0 Å². The maximum Gasteiger partial charge on any atom is 0.223 e. The Hall–Kier alpha value is -1.64. The van der Waals surface area contributed by atoms with Crippen LogP contribution in [0.3, 0.4) is 0 Å². The van der Waals surface area contributed by atoms with Gasteiger partial charge in [0.05, 0.1) is 5.52 Å². The van der Waals surface area contributed by atoms with Gasteiger partial charge in [0.15, 0.2) is 0 Å². The van der Waals surface area contributed by atoms with E-state index in [1.165, 1.54) is 6.42 Å². The van der Waals surface area contributed by atoms with Crippen LogP contribution in [0.2, 0.25) is 0 Å². The molecule has 0 spiro atoms. The third-order valence-corrected chi connectivity index (χ3v) is 2.91. The number of nitrogens with one attached hydrogen (secondary N) is 1. The lowest BCUT2D eigenvalue weighted by atomic mass is 10.2. The van der Waals surface area contributed by atoms with Crippen molar-refractivity contribution in [2.45, 2.75) is 19.4 Å². The Labute approximate surface area is 88.6 Å². The van der Waals surface area contributed by atoms with Gasteiger partial charge in [-0.25, -0.2) is 9.97 Å². The quantitative estimate of drug-likeness (QED) is 0.807. The molecule has 1 N–H and O–H groups in total. The minimum atomic E-state index is 0.575. The van der Waals surface area contributed by atoms with Crippen LogP contribution in [0.1, 0.15) is 13.3 Å². The average Bonchev–Trinajstić information content (AvgIpc) is 2.94. The molecule has 1 heterocycles. The molecule has 1 aromatic heterocycles. The molecule has 1 saturated carbocycles. The molecule has 0 radical (unpaired) electrons. The lowest BCUT2D eigenvalue weighted by Gasteiger charge is -2.03. The average molecular weight is 199 g/mol. The number of aromatic nitrogens is 2. The third-order valence-electron chi connectivity index (χ3n) is 2.91. The Morgan fingerprint density at radius 2 is 2.13 bits per heavy atom. The van der Waals surface area contributed by atoms with Crippen molar-refractivity contribution in [3.63, 3.8) is 0 Å². The fourth-order valence-electron chi connectivity index (χ4n) is 1.73. The highest BCUT2D eigenvalue weighted by Crippen LogP contribution is 2.31. The lowest BCUT2D eigenvalue weighted by molar-refractivity contribution is 0.917. The van der Waals surface area contributed by atoms with Crippen molar-refractivity contribution in [2.75, 3.05) is 5.32 Å². The second-order valence-electron chi connectivity index (χ2n) is 4.22. The van der Waals surface area contributed by atoms with Crippen LogP contribution in [0.4, 0.5) is 5.95 Å². The molecule has 0 saturated heterocycles. The van der Waals surface area contributed by atoms with Crippen LogP contribution in [0, 0.1) is 5.92 Å². The molecule has 1 aliphatic carbocycles. The van der Waals surface area contributed by atoms with Crippen LogP contribution in [0.5, 0.6) is 0 Å². The molecule has 0 aliphatic heterocycles. The predicted molar refractivity (Wildman–Crippen MR) is 60.7 cm³/mol. The first-order valence-corrected chi connectivity index (χ1v) is 5.31. The maximum atomic E-state index is 4.47. The van der Waals surface area contributed by atoms with E-state index in [0.717, 1.165) is 22.8 Å². The Bertz CT molecular complexity index is 495. The summed E-state index contributed by atoms with van der Waals surface area (Å²) in [6, 6.07) is 8.61. The zero-order valence-electron chi connectivity index (χ0n) is 8.64. The summed E-state index contributed by atoms with van der Waals surface area (Å²) in [6.07, 6.45) is 3.11. The topological polar surface area (TPSA) is 37.8 Å². The maximum absolute atomic E-state index is 4.47. The van der Waals surface area contributed by atoms with E-state index in [1.807, 2.05) is 30.5 Å². The van der Waals surface area contributed by atoms with Crippen LogP contribution < -0.4 is 5.32 Å². The Kier molecular flexibility index (Phi) is 1.84. The van der Waals surface area contributed by atoms with Crippen molar-refractivity contribution in [1.82, 2.24) is 9.97 Å². The summed E-state index contributed by atoms with van der Waals surface area (Å²) in [4.78, 5) is 8.77. The molecule has 3 heteroatoms. The van der Waals surface area contributed by atoms with Gasteiger partial charge in [-0.2, -0.15) is 0 Å². The molecule has 0 amide bonds. The molecule has 0 bridgehead atoms. The molecule has 1 fully saturated rings. The van der Waals surface area contributed by atoms with E-state index in [2.05, 4.69) is 22.2 Å². The molecular formula is C12H13N3. The van der Waals surface area contributed by atoms with Gasteiger partial charge in [0.2, 0.25) is 5.95 Å². The minimum absolute atomic E-state index is 0.575. The number of benzene rings is 1. The Morgan fingerprint density at radius 1 is 1.33 bits per heavy atom. The fourth-order valence-corrected chi connectivity index (χ4v) is 1.73. The first kappa shape index (κ1) is 8.65. The van der Waals surface area contributed by atoms with Gasteiger partial charge in [0.25, 0.3) is 0 Å². The van der Waals surface area contributed by atoms with E-state index in [1.54, 1.807) is 0 Å². The summed E-state index contributed by atoms with van der Waals surface area (Å²) in [6.45, 7) is 2.23. The summed E-state index contributed by atoms with van der Waals surface area (Å²) in [5.41, 5.74) is 1.00. The van der Waals surface area contributed by atoms with Crippen molar-refractivity contribution < 1.29 is 0 Å². The van der Waals surface area contributed by atoms with Crippen LogP contribution in [-0.4, -0.2) is 16.0 Å². The highest BCUT2D eigenvalue weighted by molar-refractivity contribution is 5.78. The summed E-state index contributed by atoms with van der Waals surface area (Å²) in [5.74, 6) is 1.52. The van der Waals surface area contributed by atoms with Gasteiger partial charge in [-0.1, -0.05) is 25.1 Å². The molecular weight excluding hydrogens is 186 g/mol. The smallest absolute Gasteiger partial charge is 0.223 e. The molecule has 2 unspecified atom stereocenters. The van der Waals surface area contributed by atoms with Gasteiger partial charge >= 0.3 is 0 Å². The number of rotatable bonds is 2. The van der Waals surface area contributed by atoms with Gasteiger partial charge < -0.3 is 5.32 Å². The van der Waals surface area contributed by atoms with E-state index in [0.29, 0.717) is 6.04 Å². The van der Waals surface area contributed by atoms with Gasteiger partial charge in [-0.05, 0) is 18.4 Å². The highest BCUT2D eigenvalue weighted by atomic mass is 15.1. The predicted octanol–water partition coefficient (Wildman–Crippen LogP) is 2.45. The number of para-hydroxylation sites is 1. The summed E-state index contributed by atoms with van der Waals surface area (Å²) < 4.78 is 0. The largest absolute Gasteiger partial charge is 0.351 e. The highest BCUT2D eigenvalue weighted by Gasteiger charge is 2.32. The monoisotopic (exact) mass is 199 g/mol. The van der Waals surface area contributed by atoms with Crippen molar-refractivity contribution in [1.29, 1.82) is 0 Å². The SMILES string of the molecule is CC1CC1Nc1ncc2ccccc2n1. The molecule has 1 aliphatic rings. The van der Waals surface area contributed by atoms with Crippen LogP contribution in [-0.2, 0) is 0 Å². The number of anilines is 1. The second kappa shape index (κ2) is 3.19. The molecule has 1 aromatic carbocycles. The van der Waals surface area contributed by atoms with Gasteiger partial charge in [-0.15, -0.1) is 0 Å². The van der Waals surface area contributed by atoms with Crippen LogP contribution >= 0.6 is 0 Å². The number of hydrogen-bond donors (Lipinski definition) is 1. The number of hydrogen-bond acceptors (Lipinski definition) is 3. The van der Waals surface area contributed by atoms with E-state index in [-0.39, 0.29) is 0 Å². The minimum Gasteiger partial charge on any atom is -0.351 e. The summed E-state index contributed by atoms with van der Waals surface area (Å²) >= 11 is 0. The van der Waals surface area contributed by atoms with E-state index in [4.69, 9.17) is 0 Å². The lowest BCUT2D eigenvalue weighted by Crippen LogP contribution is -2.06. The third kappa shape index (κ3) is 1.65. The molecule has 3 nitrogen and oxygen atoms in total. The molecule has 2 atom stereocenters. The van der Waals surface area contributed by atoms with Gasteiger partial charge in [0, 0.05) is 17.6 Å². The number of nitrogens with zero attached hydrogens (tertiary/aromatic N) is 2. The first-order chi connectivity index (χ1) is 7.33. The molecule has 15 heavy (non-hydrogen) atoms. The Balaban J connectivity index is 1.92. The second-order valence-corrected chi connectivity index (χ2v) is 4.22. The zero-order valence-corrected chi connectivity index (χ0v) is 8.64. The molecule has 2 aromatic rings. The normalized spacial score (nSPS) is 24.1. The number of fused-ring (bicyclic) bond motifs is 1. The van der Waals surface area contributed by atoms with E-state index < -0.39 is 0 Å². The first-order valence-electron chi connectivity index (χ1n) is 5.31. The van der Waals surface area contributed by atoms with Crippen molar-refractivity contribution in [2.24, 2.45) is 5.92 Å². The van der Waals surface area contributed by atoms with Crippen molar-refractivity contribution >= 4 is 16.9 Å².